The van der Waals surface area contributed by atoms with Crippen LogP contribution in [0.3, 0.4) is 0 Å². The molecule has 4 aromatic carbocycles. The summed E-state index contributed by atoms with van der Waals surface area (Å²) in [5, 5.41) is 22.3. The summed E-state index contributed by atoms with van der Waals surface area (Å²) >= 11 is 0. The number of hydrogen-bond donors (Lipinski definition) is 3. The minimum absolute atomic E-state index is 0.0988. The third-order valence-electron chi connectivity index (χ3n) is 6.14. The molecule has 0 aliphatic rings. The number of nitrogens with zero attached hydrogens (tertiary/aromatic N) is 3. The minimum Gasteiger partial charge on any atom is -0.506 e. The number of aromatic nitrogens is 2. The van der Waals surface area contributed by atoms with Crippen molar-refractivity contribution in [2.45, 2.75) is 18.7 Å². The van der Waals surface area contributed by atoms with Crippen LogP contribution < -0.4 is 5.56 Å². The molecule has 1 aromatic heterocycles. The van der Waals surface area contributed by atoms with Gasteiger partial charge in [0.25, 0.3) is 15.7 Å². The molecule has 0 unspecified atom stereocenters. The Morgan fingerprint density at radius 2 is 1.51 bits per heavy atom. The van der Waals surface area contributed by atoms with Crippen molar-refractivity contribution in [3.63, 3.8) is 0 Å². The van der Waals surface area contributed by atoms with E-state index in [1.807, 2.05) is 32.0 Å². The number of aromatic hydroxyl groups is 1. The van der Waals surface area contributed by atoms with Gasteiger partial charge in [0.1, 0.15) is 16.3 Å². The van der Waals surface area contributed by atoms with Gasteiger partial charge in [0.05, 0.1) is 11.4 Å². The summed E-state index contributed by atoms with van der Waals surface area (Å²) in [7, 11) is -4.81. The summed E-state index contributed by atoms with van der Waals surface area (Å²) in [5.74, 6) is -0.513. The molecular formula is C27H22N4O5S. The highest BCUT2D eigenvalue weighted by atomic mass is 32.2. The second-order valence-electron chi connectivity index (χ2n) is 8.58. The first-order valence-electron chi connectivity index (χ1n) is 11.3. The van der Waals surface area contributed by atoms with Gasteiger partial charge in [-0.1, -0.05) is 60.7 Å². The quantitative estimate of drug-likeness (QED) is 0.196. The Morgan fingerprint density at radius 1 is 0.838 bits per heavy atom. The molecule has 1 heterocycles. The van der Waals surface area contributed by atoms with E-state index in [4.69, 9.17) is 0 Å². The van der Waals surface area contributed by atoms with Gasteiger partial charge in [0, 0.05) is 10.9 Å². The van der Waals surface area contributed by atoms with E-state index in [2.05, 4.69) is 15.3 Å². The maximum Gasteiger partial charge on any atom is 0.299 e. The largest absolute Gasteiger partial charge is 0.506 e. The third kappa shape index (κ3) is 4.44. The summed E-state index contributed by atoms with van der Waals surface area (Å²) in [6, 6.07) is 22.2. The van der Waals surface area contributed by atoms with Crippen molar-refractivity contribution in [2.24, 2.45) is 10.2 Å². The highest BCUT2D eigenvalue weighted by molar-refractivity contribution is 7.86. The van der Waals surface area contributed by atoms with E-state index >= 15 is 0 Å². The van der Waals surface area contributed by atoms with Gasteiger partial charge in [-0.2, -0.15) is 8.42 Å². The first kappa shape index (κ1) is 24.2. The van der Waals surface area contributed by atoms with Crippen molar-refractivity contribution in [3.8, 4) is 22.7 Å². The molecule has 186 valence electrons. The number of aromatic amines is 1. The maximum absolute atomic E-state index is 13.5. The molecule has 0 saturated heterocycles. The van der Waals surface area contributed by atoms with Gasteiger partial charge in [-0.25, -0.2) is 4.68 Å². The minimum atomic E-state index is -4.81. The zero-order valence-corrected chi connectivity index (χ0v) is 20.7. The van der Waals surface area contributed by atoms with E-state index in [0.29, 0.717) is 22.3 Å². The van der Waals surface area contributed by atoms with Gasteiger partial charge in [-0.15, -0.1) is 10.2 Å². The van der Waals surface area contributed by atoms with E-state index in [1.54, 1.807) is 48.5 Å². The highest BCUT2D eigenvalue weighted by Gasteiger charge is 2.24. The fraction of sp³-hybridized carbons (Fsp3) is 0.0741. The number of nitrogens with one attached hydrogen (secondary N) is 1. The number of fused-ring (bicyclic) bond motifs is 1. The third-order valence-corrected chi connectivity index (χ3v) is 7.07. The molecule has 5 rings (SSSR count). The molecule has 0 aliphatic heterocycles. The number of aryl methyl sites for hydroxylation is 2. The Hall–Kier alpha value is -4.54. The molecule has 0 fully saturated rings. The van der Waals surface area contributed by atoms with Crippen molar-refractivity contribution < 1.29 is 18.1 Å². The number of azo groups is 1. The Morgan fingerprint density at radius 3 is 2.22 bits per heavy atom. The Labute approximate surface area is 212 Å². The van der Waals surface area contributed by atoms with Crippen molar-refractivity contribution in [1.82, 2.24) is 9.78 Å². The van der Waals surface area contributed by atoms with Crippen molar-refractivity contribution in [1.29, 1.82) is 0 Å². The lowest BCUT2D eigenvalue weighted by molar-refractivity contribution is 0.469. The molecule has 37 heavy (non-hydrogen) atoms. The van der Waals surface area contributed by atoms with Gasteiger partial charge in [-0.05, 0) is 48.6 Å². The van der Waals surface area contributed by atoms with Crippen molar-refractivity contribution in [2.75, 3.05) is 0 Å². The second-order valence-corrected chi connectivity index (χ2v) is 9.94. The van der Waals surface area contributed by atoms with Crippen LogP contribution in [0.4, 0.5) is 11.4 Å². The lowest BCUT2D eigenvalue weighted by Crippen LogP contribution is -2.14. The molecule has 0 radical (unpaired) electrons. The van der Waals surface area contributed by atoms with Crippen molar-refractivity contribution in [3.05, 3.63) is 100 Å². The predicted molar refractivity (Wildman–Crippen MR) is 141 cm³/mol. The fourth-order valence-electron chi connectivity index (χ4n) is 4.12. The summed E-state index contributed by atoms with van der Waals surface area (Å²) in [4.78, 5) is 12.9. The van der Waals surface area contributed by atoms with E-state index in [1.165, 1.54) is 16.8 Å². The molecule has 10 heteroatoms. The zero-order valence-electron chi connectivity index (χ0n) is 19.9. The fourth-order valence-corrected chi connectivity index (χ4v) is 4.97. The SMILES string of the molecule is Cc1ccc(-n2[nH]c(-c3ccccc3)c(N=Nc3c(O)cc4ccccc4c3S(=O)(=O)O)c2=O)cc1C. The Bertz CT molecular complexity index is 1860. The maximum atomic E-state index is 13.5. The van der Waals surface area contributed by atoms with Crippen LogP contribution in [0.1, 0.15) is 11.1 Å². The summed E-state index contributed by atoms with van der Waals surface area (Å²) in [5.41, 5.74) is 2.53. The predicted octanol–water partition coefficient (Wildman–Crippen LogP) is 5.97. The van der Waals surface area contributed by atoms with Crippen LogP contribution in [0, 0.1) is 13.8 Å². The van der Waals surface area contributed by atoms with Gasteiger partial charge in [-0.3, -0.25) is 14.4 Å². The monoisotopic (exact) mass is 514 g/mol. The smallest absolute Gasteiger partial charge is 0.299 e. The first-order chi connectivity index (χ1) is 17.6. The van der Waals surface area contributed by atoms with Gasteiger partial charge >= 0.3 is 0 Å². The van der Waals surface area contributed by atoms with Crippen LogP contribution in [-0.2, 0) is 10.1 Å². The van der Waals surface area contributed by atoms with Crippen LogP contribution in [0.25, 0.3) is 27.7 Å². The van der Waals surface area contributed by atoms with Gasteiger partial charge in [0.2, 0.25) is 0 Å². The van der Waals surface area contributed by atoms with Crippen LogP contribution >= 0.6 is 0 Å². The lowest BCUT2D eigenvalue weighted by atomic mass is 10.1. The number of phenolic OH excluding ortho intramolecular Hbond substituents is 1. The van der Waals surface area contributed by atoms with E-state index < -0.39 is 32.0 Å². The Balaban J connectivity index is 1.75. The second kappa shape index (κ2) is 9.16. The van der Waals surface area contributed by atoms with E-state index in [9.17, 15) is 22.9 Å². The standard InChI is InChI=1S/C27H22N4O5S/c1-16-12-13-20(14-17(16)2)31-27(33)25(23(30-31)18-8-4-3-5-9-18)29-28-24-22(32)15-19-10-6-7-11-21(19)26(24)37(34,35)36/h3-15,30,32H,1-2H3,(H,34,35,36). The molecule has 9 nitrogen and oxygen atoms in total. The molecule has 0 saturated carbocycles. The topological polar surface area (TPSA) is 137 Å². The summed E-state index contributed by atoms with van der Waals surface area (Å²) < 4.78 is 35.9. The Kier molecular flexibility index (Phi) is 5.98. The normalized spacial score (nSPS) is 12.0. The number of benzene rings is 4. The van der Waals surface area contributed by atoms with Gasteiger partial charge in [0.15, 0.2) is 5.69 Å². The average molecular weight is 515 g/mol. The molecule has 0 amide bonds. The van der Waals surface area contributed by atoms with E-state index in [-0.39, 0.29) is 11.1 Å². The molecule has 0 spiro atoms. The number of hydrogen-bond acceptors (Lipinski definition) is 6. The summed E-state index contributed by atoms with van der Waals surface area (Å²) in [6.07, 6.45) is 0. The lowest BCUT2D eigenvalue weighted by Gasteiger charge is -2.09. The zero-order chi connectivity index (χ0) is 26.3. The first-order valence-corrected chi connectivity index (χ1v) is 12.7. The average Bonchev–Trinajstić information content (AvgIpc) is 3.20. The van der Waals surface area contributed by atoms with Gasteiger partial charge < -0.3 is 5.11 Å². The number of phenols is 1. The van der Waals surface area contributed by atoms with Crippen LogP contribution in [0.5, 0.6) is 5.75 Å². The highest BCUT2D eigenvalue weighted by Crippen LogP contribution is 2.41. The molecule has 3 N–H and O–H groups in total. The molecule has 0 atom stereocenters. The van der Waals surface area contributed by atoms with Crippen LogP contribution in [0.15, 0.2) is 98.8 Å². The van der Waals surface area contributed by atoms with Crippen LogP contribution in [0.2, 0.25) is 0 Å². The van der Waals surface area contributed by atoms with Crippen LogP contribution in [-0.4, -0.2) is 27.9 Å². The molecule has 0 bridgehead atoms. The number of rotatable bonds is 5. The van der Waals surface area contributed by atoms with Crippen molar-refractivity contribution >= 4 is 32.3 Å². The van der Waals surface area contributed by atoms with E-state index in [0.717, 1.165) is 11.1 Å². The molecular weight excluding hydrogens is 492 g/mol. The number of H-pyrrole nitrogens is 1. The summed E-state index contributed by atoms with van der Waals surface area (Å²) in [6.45, 7) is 3.90. The molecule has 5 aromatic rings. The molecule has 0 aliphatic carbocycles.